The van der Waals surface area contributed by atoms with Gasteiger partial charge in [-0.1, -0.05) is 18.1 Å². The molecule has 0 bridgehead atoms. The number of nitrogens with two attached hydrogens (primary N) is 1. The van der Waals surface area contributed by atoms with E-state index in [2.05, 4.69) is 53.7 Å². The van der Waals surface area contributed by atoms with E-state index in [9.17, 15) is 5.11 Å². The Morgan fingerprint density at radius 2 is 2.03 bits per heavy atom. The number of anilines is 3. The fourth-order valence-electron chi connectivity index (χ4n) is 4.14. The zero-order valence-corrected chi connectivity index (χ0v) is 19.3. The van der Waals surface area contributed by atoms with Gasteiger partial charge in [0, 0.05) is 49.8 Å². The third-order valence-electron chi connectivity index (χ3n) is 5.90. The van der Waals surface area contributed by atoms with Crippen molar-refractivity contribution in [2.45, 2.75) is 19.5 Å². The van der Waals surface area contributed by atoms with Crippen LogP contribution in [0.15, 0.2) is 61.3 Å². The minimum atomic E-state index is 0.137. The molecule has 1 atom stereocenters. The van der Waals surface area contributed by atoms with E-state index < -0.39 is 0 Å². The lowest BCUT2D eigenvalue weighted by Crippen LogP contribution is -2.52. The molecule has 10 heteroatoms. The summed E-state index contributed by atoms with van der Waals surface area (Å²) in [5.41, 5.74) is 8.22. The Bertz CT molecular complexity index is 1380. The summed E-state index contributed by atoms with van der Waals surface area (Å²) in [6.45, 7) is 4.89. The first-order chi connectivity index (χ1) is 17.1. The van der Waals surface area contributed by atoms with Gasteiger partial charge in [0.15, 0.2) is 5.82 Å². The number of benzene rings is 1. The number of piperazine rings is 1. The fraction of sp³-hybridized carbons (Fsp3) is 0.240. The van der Waals surface area contributed by atoms with Crippen LogP contribution >= 0.6 is 0 Å². The first kappa shape index (κ1) is 22.2. The van der Waals surface area contributed by atoms with Crippen molar-refractivity contribution in [1.82, 2.24) is 29.7 Å². The maximum Gasteiger partial charge on any atom is 0.206 e. The summed E-state index contributed by atoms with van der Waals surface area (Å²) < 4.78 is 1.89. The molecule has 5 rings (SSSR count). The fourth-order valence-corrected chi connectivity index (χ4v) is 4.14. The van der Waals surface area contributed by atoms with Gasteiger partial charge >= 0.3 is 0 Å². The predicted octanol–water partition coefficient (Wildman–Crippen LogP) is 2.18. The Balaban J connectivity index is 1.31. The predicted molar refractivity (Wildman–Crippen MR) is 134 cm³/mol. The second-order valence-electron chi connectivity index (χ2n) is 8.28. The molecular formula is C25H25N9O. The van der Waals surface area contributed by atoms with Crippen molar-refractivity contribution in [3.05, 3.63) is 67.1 Å². The van der Waals surface area contributed by atoms with Crippen molar-refractivity contribution in [3.63, 3.8) is 0 Å². The van der Waals surface area contributed by atoms with Gasteiger partial charge in [0.25, 0.3) is 0 Å². The maximum atomic E-state index is 10.2. The maximum absolute atomic E-state index is 10.2. The van der Waals surface area contributed by atoms with Crippen molar-refractivity contribution in [1.29, 1.82) is 0 Å². The van der Waals surface area contributed by atoms with Gasteiger partial charge in [-0.15, -0.1) is 10.2 Å². The summed E-state index contributed by atoms with van der Waals surface area (Å²) in [6, 6.07) is 11.0. The number of hydrogen-bond donors (Lipinski definition) is 2. The quantitative estimate of drug-likeness (QED) is 0.435. The first-order valence-corrected chi connectivity index (χ1v) is 11.3. The van der Waals surface area contributed by atoms with Crippen molar-refractivity contribution < 1.29 is 5.11 Å². The second-order valence-corrected chi connectivity index (χ2v) is 8.28. The molecule has 3 aromatic heterocycles. The van der Waals surface area contributed by atoms with Crippen LogP contribution in [0.5, 0.6) is 5.75 Å². The zero-order chi connectivity index (χ0) is 24.2. The standard InChI is InChI=1S/C25H25N9O/c1-18-16-33(24-8-9-28-23(29-24)7-4-11-32-12-10-27-17-32)13-14-34(18)21-15-20(30-31-25(21)26)19-5-2-3-6-22(19)35/h2-3,5-6,8-10,12,15,17-18,35H,11,13-14,16H2,1H3,(H2,26,31). The smallest absolute Gasteiger partial charge is 0.206 e. The lowest BCUT2D eigenvalue weighted by molar-refractivity contribution is 0.477. The van der Waals surface area contributed by atoms with E-state index in [4.69, 9.17) is 5.73 Å². The van der Waals surface area contributed by atoms with Crippen molar-refractivity contribution >= 4 is 17.3 Å². The number of aromatic hydroxyl groups is 1. The second kappa shape index (κ2) is 9.69. The average molecular weight is 468 g/mol. The summed E-state index contributed by atoms with van der Waals surface area (Å²) in [5.74, 6) is 7.96. The number of aromatic nitrogens is 6. The highest BCUT2D eigenvalue weighted by molar-refractivity contribution is 5.74. The average Bonchev–Trinajstić information content (AvgIpc) is 3.39. The third-order valence-corrected chi connectivity index (χ3v) is 5.90. The topological polar surface area (TPSA) is 122 Å². The van der Waals surface area contributed by atoms with Crippen LogP contribution in [0.2, 0.25) is 0 Å². The molecular weight excluding hydrogens is 442 g/mol. The van der Waals surface area contributed by atoms with Crippen LogP contribution in [-0.2, 0) is 6.54 Å². The van der Waals surface area contributed by atoms with E-state index in [1.54, 1.807) is 30.9 Å². The molecule has 4 aromatic rings. The summed E-state index contributed by atoms with van der Waals surface area (Å²) in [4.78, 5) is 17.4. The molecule has 4 heterocycles. The van der Waals surface area contributed by atoms with Gasteiger partial charge in [0.1, 0.15) is 11.6 Å². The van der Waals surface area contributed by atoms with Crippen molar-refractivity contribution in [2.24, 2.45) is 0 Å². The normalized spacial score (nSPS) is 15.5. The van der Waals surface area contributed by atoms with Crippen LogP contribution in [0.4, 0.5) is 17.3 Å². The van der Waals surface area contributed by atoms with Crippen molar-refractivity contribution in [2.75, 3.05) is 35.2 Å². The molecule has 0 spiro atoms. The van der Waals surface area contributed by atoms with E-state index in [-0.39, 0.29) is 11.8 Å². The molecule has 0 saturated carbocycles. The minimum Gasteiger partial charge on any atom is -0.507 e. The summed E-state index contributed by atoms with van der Waals surface area (Å²) in [7, 11) is 0. The molecule has 1 fully saturated rings. The molecule has 1 aliphatic heterocycles. The van der Waals surface area contributed by atoms with E-state index in [0.717, 1.165) is 31.1 Å². The number of nitrogens with zero attached hydrogens (tertiary/aromatic N) is 8. The zero-order valence-electron chi connectivity index (χ0n) is 19.3. The Morgan fingerprint density at radius 1 is 1.14 bits per heavy atom. The lowest BCUT2D eigenvalue weighted by Gasteiger charge is -2.41. The van der Waals surface area contributed by atoms with Gasteiger partial charge in [-0.3, -0.25) is 0 Å². The van der Waals surface area contributed by atoms with Gasteiger partial charge < -0.3 is 25.2 Å². The van der Waals surface area contributed by atoms with Gasteiger partial charge in [-0.2, -0.15) is 0 Å². The number of hydrogen-bond acceptors (Lipinski definition) is 9. The SMILES string of the molecule is CC1CN(c2ccnc(C#CCn3ccnc3)n2)CCN1c1cc(-c2ccccc2O)nnc1N. The third kappa shape index (κ3) is 4.84. The Kier molecular flexibility index (Phi) is 6.13. The molecule has 176 valence electrons. The highest BCUT2D eigenvalue weighted by atomic mass is 16.3. The monoisotopic (exact) mass is 467 g/mol. The molecule has 1 aliphatic rings. The van der Waals surface area contributed by atoms with Gasteiger partial charge in [-0.05, 0) is 37.1 Å². The summed E-state index contributed by atoms with van der Waals surface area (Å²) in [5, 5.41) is 18.6. The number of nitrogen functional groups attached to an aromatic ring is 1. The number of para-hydroxylation sites is 1. The van der Waals surface area contributed by atoms with E-state index in [1.165, 1.54) is 0 Å². The molecule has 10 nitrogen and oxygen atoms in total. The largest absolute Gasteiger partial charge is 0.507 e. The van der Waals surface area contributed by atoms with Crippen LogP contribution in [0.25, 0.3) is 11.3 Å². The van der Waals surface area contributed by atoms with Gasteiger partial charge in [-0.25, -0.2) is 15.0 Å². The van der Waals surface area contributed by atoms with Crippen LogP contribution in [0, 0.1) is 11.8 Å². The van der Waals surface area contributed by atoms with Crippen LogP contribution in [0.1, 0.15) is 12.7 Å². The Labute approximate surface area is 203 Å². The minimum absolute atomic E-state index is 0.137. The molecule has 1 unspecified atom stereocenters. The molecule has 1 saturated heterocycles. The van der Waals surface area contributed by atoms with Gasteiger partial charge in [0.05, 0.1) is 24.3 Å². The molecule has 1 aromatic carbocycles. The summed E-state index contributed by atoms with van der Waals surface area (Å²) in [6.07, 6.45) is 7.05. The molecule has 3 N–H and O–H groups in total. The Hall–Kier alpha value is -4.65. The molecule has 0 aliphatic carbocycles. The van der Waals surface area contributed by atoms with E-state index >= 15 is 0 Å². The summed E-state index contributed by atoms with van der Waals surface area (Å²) >= 11 is 0. The molecule has 0 amide bonds. The number of phenolic OH excluding ortho intramolecular Hbond substituents is 1. The van der Waals surface area contributed by atoms with Crippen molar-refractivity contribution in [3.8, 4) is 28.8 Å². The van der Waals surface area contributed by atoms with Crippen LogP contribution < -0.4 is 15.5 Å². The van der Waals surface area contributed by atoms with E-state index in [1.807, 2.05) is 35.0 Å². The highest BCUT2D eigenvalue weighted by Crippen LogP contribution is 2.33. The van der Waals surface area contributed by atoms with Gasteiger partial charge in [0.2, 0.25) is 5.82 Å². The number of imidazole rings is 1. The number of phenols is 1. The number of rotatable bonds is 4. The Morgan fingerprint density at radius 3 is 2.83 bits per heavy atom. The molecule has 35 heavy (non-hydrogen) atoms. The van der Waals surface area contributed by atoms with Crippen LogP contribution in [0.3, 0.4) is 0 Å². The molecule has 0 radical (unpaired) electrons. The van der Waals surface area contributed by atoms with Crippen LogP contribution in [-0.4, -0.2) is 60.5 Å². The van der Waals surface area contributed by atoms with E-state index in [0.29, 0.717) is 29.4 Å². The lowest BCUT2D eigenvalue weighted by atomic mass is 10.1. The highest BCUT2D eigenvalue weighted by Gasteiger charge is 2.27. The first-order valence-electron chi connectivity index (χ1n) is 11.3.